The molecule has 0 aliphatic carbocycles. The van der Waals surface area contributed by atoms with Gasteiger partial charge in [-0.2, -0.15) is 13.2 Å². The highest BCUT2D eigenvalue weighted by atomic mass is 35.5. The van der Waals surface area contributed by atoms with E-state index in [0.717, 1.165) is 12.1 Å². The van der Waals surface area contributed by atoms with E-state index in [2.05, 4.69) is 4.98 Å². The van der Waals surface area contributed by atoms with Crippen LogP contribution in [0.1, 0.15) is 5.56 Å². The first kappa shape index (κ1) is 13.5. The van der Waals surface area contributed by atoms with E-state index in [9.17, 15) is 13.2 Å². The van der Waals surface area contributed by atoms with Crippen LogP contribution < -0.4 is 0 Å². The van der Waals surface area contributed by atoms with Crippen LogP contribution in [0.4, 0.5) is 13.2 Å². The molecule has 102 valence electrons. The predicted octanol–water partition coefficient (Wildman–Crippen LogP) is 5.71. The van der Waals surface area contributed by atoms with E-state index in [0.29, 0.717) is 26.3 Å². The molecule has 1 aromatic heterocycles. The summed E-state index contributed by atoms with van der Waals surface area (Å²) in [7, 11) is 0. The van der Waals surface area contributed by atoms with E-state index >= 15 is 0 Å². The molecule has 0 aliphatic heterocycles. The van der Waals surface area contributed by atoms with Crippen LogP contribution in [0.5, 0.6) is 0 Å². The first-order chi connectivity index (χ1) is 9.36. The van der Waals surface area contributed by atoms with Crippen molar-refractivity contribution >= 4 is 45.0 Å². The summed E-state index contributed by atoms with van der Waals surface area (Å²) in [6.45, 7) is 0. The fourth-order valence-electron chi connectivity index (χ4n) is 2.04. The zero-order valence-electron chi connectivity index (χ0n) is 9.80. The predicted molar refractivity (Wildman–Crippen MR) is 74.3 cm³/mol. The van der Waals surface area contributed by atoms with Crippen LogP contribution in [0.3, 0.4) is 0 Å². The lowest BCUT2D eigenvalue weighted by atomic mass is 10.1. The van der Waals surface area contributed by atoms with Crippen LogP contribution in [0.25, 0.3) is 21.8 Å². The first-order valence-corrected chi connectivity index (χ1v) is 6.37. The minimum absolute atomic E-state index is 0.194. The smallest absolute Gasteiger partial charge is 0.248 e. The third kappa shape index (κ3) is 2.19. The molecule has 0 unspecified atom stereocenters. The van der Waals surface area contributed by atoms with Crippen LogP contribution in [-0.4, -0.2) is 4.98 Å². The summed E-state index contributed by atoms with van der Waals surface area (Å²) >= 11 is 12.1. The molecular weight excluding hydrogens is 310 g/mol. The highest BCUT2D eigenvalue weighted by molar-refractivity contribution is 6.40. The standard InChI is InChI=1S/C14H6Cl2F3N/c15-8-2-4-10-12(6-8)20-11-5-7(14(17,18)19)1-3-9(11)13(10)16/h1-6H. The molecule has 20 heavy (non-hydrogen) atoms. The van der Waals surface area contributed by atoms with Crippen LogP contribution in [0, 0.1) is 0 Å². The second-order valence-corrected chi connectivity index (χ2v) is 5.13. The maximum Gasteiger partial charge on any atom is 0.416 e. The number of benzene rings is 2. The number of halogens is 5. The normalized spacial score (nSPS) is 12.2. The Labute approximate surface area is 121 Å². The van der Waals surface area contributed by atoms with Crippen molar-refractivity contribution in [3.05, 3.63) is 52.0 Å². The lowest BCUT2D eigenvalue weighted by molar-refractivity contribution is -0.137. The van der Waals surface area contributed by atoms with E-state index in [1.807, 2.05) is 0 Å². The van der Waals surface area contributed by atoms with E-state index < -0.39 is 11.7 Å². The van der Waals surface area contributed by atoms with Crippen molar-refractivity contribution in [1.29, 1.82) is 0 Å². The molecule has 0 fully saturated rings. The second kappa shape index (κ2) is 4.50. The molecule has 0 radical (unpaired) electrons. The van der Waals surface area contributed by atoms with E-state index in [4.69, 9.17) is 23.2 Å². The monoisotopic (exact) mass is 315 g/mol. The number of hydrogen-bond acceptors (Lipinski definition) is 1. The number of alkyl halides is 3. The maximum atomic E-state index is 12.7. The lowest BCUT2D eigenvalue weighted by Crippen LogP contribution is -2.04. The molecule has 0 aliphatic rings. The lowest BCUT2D eigenvalue weighted by Gasteiger charge is -2.10. The quantitative estimate of drug-likeness (QED) is 0.484. The Morgan fingerprint density at radius 1 is 0.850 bits per heavy atom. The summed E-state index contributed by atoms with van der Waals surface area (Å²) in [6, 6.07) is 8.25. The maximum absolute atomic E-state index is 12.7. The molecule has 0 saturated carbocycles. The summed E-state index contributed by atoms with van der Waals surface area (Å²) in [4.78, 5) is 4.20. The van der Waals surface area contributed by atoms with Gasteiger partial charge < -0.3 is 0 Å². The third-order valence-electron chi connectivity index (χ3n) is 3.00. The second-order valence-electron chi connectivity index (χ2n) is 4.32. The number of rotatable bonds is 0. The van der Waals surface area contributed by atoms with Gasteiger partial charge in [-0.25, -0.2) is 4.98 Å². The minimum Gasteiger partial charge on any atom is -0.248 e. The van der Waals surface area contributed by atoms with Gasteiger partial charge in [0.05, 0.1) is 21.6 Å². The molecular formula is C14H6Cl2F3N. The van der Waals surface area contributed by atoms with E-state index in [-0.39, 0.29) is 5.52 Å². The van der Waals surface area contributed by atoms with E-state index in [1.54, 1.807) is 18.2 Å². The van der Waals surface area contributed by atoms with Gasteiger partial charge in [0, 0.05) is 15.8 Å². The van der Waals surface area contributed by atoms with Crippen molar-refractivity contribution < 1.29 is 13.2 Å². The minimum atomic E-state index is -4.41. The molecule has 0 atom stereocenters. The van der Waals surface area contributed by atoms with Crippen molar-refractivity contribution in [1.82, 2.24) is 4.98 Å². The van der Waals surface area contributed by atoms with Crippen LogP contribution in [0.15, 0.2) is 36.4 Å². The van der Waals surface area contributed by atoms with Crippen molar-refractivity contribution in [2.45, 2.75) is 6.18 Å². The molecule has 0 N–H and O–H groups in total. The van der Waals surface area contributed by atoms with Gasteiger partial charge in [-0.05, 0) is 30.3 Å². The fourth-order valence-corrected chi connectivity index (χ4v) is 2.53. The molecule has 0 amide bonds. The Hall–Kier alpha value is -1.52. The van der Waals surface area contributed by atoms with Crippen LogP contribution >= 0.6 is 23.2 Å². The van der Waals surface area contributed by atoms with Crippen molar-refractivity contribution in [3.8, 4) is 0 Å². The Bertz CT molecular complexity index is 828. The molecule has 0 spiro atoms. The largest absolute Gasteiger partial charge is 0.416 e. The average Bonchev–Trinajstić information content (AvgIpc) is 2.37. The summed E-state index contributed by atoms with van der Waals surface area (Å²) in [5.74, 6) is 0. The van der Waals surface area contributed by atoms with Gasteiger partial charge in [0.1, 0.15) is 0 Å². The van der Waals surface area contributed by atoms with Gasteiger partial charge in [-0.1, -0.05) is 29.3 Å². The summed E-state index contributed by atoms with van der Waals surface area (Å²) < 4.78 is 38.1. The Kier molecular flexibility index (Phi) is 3.03. The molecule has 6 heteroatoms. The number of nitrogens with zero attached hydrogens (tertiary/aromatic N) is 1. The highest BCUT2D eigenvalue weighted by Gasteiger charge is 2.30. The zero-order chi connectivity index (χ0) is 14.5. The summed E-state index contributed by atoms with van der Waals surface area (Å²) in [6.07, 6.45) is -4.41. The van der Waals surface area contributed by atoms with Gasteiger partial charge >= 0.3 is 6.18 Å². The number of fused-ring (bicyclic) bond motifs is 2. The molecule has 1 heterocycles. The number of hydrogen-bond donors (Lipinski definition) is 0. The molecule has 1 nitrogen and oxygen atoms in total. The van der Waals surface area contributed by atoms with E-state index in [1.165, 1.54) is 6.07 Å². The molecule has 3 aromatic rings. The molecule has 2 aromatic carbocycles. The average molecular weight is 316 g/mol. The molecule has 0 bridgehead atoms. The van der Waals surface area contributed by atoms with Gasteiger partial charge in [-0.3, -0.25) is 0 Å². The van der Waals surface area contributed by atoms with Gasteiger partial charge in [0.25, 0.3) is 0 Å². The Morgan fingerprint density at radius 3 is 2.10 bits per heavy atom. The molecule has 0 saturated heterocycles. The van der Waals surface area contributed by atoms with Crippen LogP contribution in [0.2, 0.25) is 10.0 Å². The highest BCUT2D eigenvalue weighted by Crippen LogP contribution is 2.35. The fraction of sp³-hybridized carbons (Fsp3) is 0.0714. The van der Waals surface area contributed by atoms with Crippen LogP contribution in [-0.2, 0) is 6.18 Å². The van der Waals surface area contributed by atoms with Crippen molar-refractivity contribution in [2.75, 3.05) is 0 Å². The SMILES string of the molecule is FC(F)(F)c1ccc2c(Cl)c3ccc(Cl)cc3nc2c1. The van der Waals surface area contributed by atoms with Crippen molar-refractivity contribution in [2.24, 2.45) is 0 Å². The number of pyridine rings is 1. The van der Waals surface area contributed by atoms with Gasteiger partial charge in [-0.15, -0.1) is 0 Å². The summed E-state index contributed by atoms with van der Waals surface area (Å²) in [5, 5.41) is 1.96. The first-order valence-electron chi connectivity index (χ1n) is 5.62. The summed E-state index contributed by atoms with van der Waals surface area (Å²) in [5.41, 5.74) is -0.0936. The third-order valence-corrected chi connectivity index (χ3v) is 3.64. The van der Waals surface area contributed by atoms with Crippen molar-refractivity contribution in [3.63, 3.8) is 0 Å². The zero-order valence-corrected chi connectivity index (χ0v) is 11.3. The van der Waals surface area contributed by atoms with Gasteiger partial charge in [0.15, 0.2) is 0 Å². The Morgan fingerprint density at radius 2 is 1.45 bits per heavy atom. The Balaban J connectivity index is 2.38. The topological polar surface area (TPSA) is 12.9 Å². The number of aromatic nitrogens is 1. The van der Waals surface area contributed by atoms with Gasteiger partial charge in [0.2, 0.25) is 0 Å². The molecule has 3 rings (SSSR count).